The Morgan fingerprint density at radius 2 is 1.82 bits per heavy atom. The Morgan fingerprint density at radius 3 is 2.50 bits per heavy atom. The summed E-state index contributed by atoms with van der Waals surface area (Å²) in [6.45, 7) is 0.552. The molecule has 0 bridgehead atoms. The fourth-order valence-electron chi connectivity index (χ4n) is 3.30. The van der Waals surface area contributed by atoms with Gasteiger partial charge in [0.2, 0.25) is 0 Å². The molecule has 1 heterocycles. The Labute approximate surface area is 224 Å². The van der Waals surface area contributed by atoms with Crippen LogP contribution in [0, 0.1) is 5.82 Å². The van der Waals surface area contributed by atoms with Gasteiger partial charge in [-0.25, -0.2) is 4.39 Å². The second kappa shape index (κ2) is 12.1. The van der Waals surface area contributed by atoms with Crippen molar-refractivity contribution in [2.45, 2.75) is 6.36 Å². The Hall–Kier alpha value is -3.90. The summed E-state index contributed by atoms with van der Waals surface area (Å²) in [5.41, 5.74) is 1.84. The molecule has 13 heteroatoms. The average molecular weight is 562 g/mol. The van der Waals surface area contributed by atoms with E-state index >= 15 is 0 Å². The number of thioether (sulfide) groups is 1. The largest absolute Gasteiger partial charge is 0.573 e. The number of hydrogen-bond donors (Lipinski definition) is 1. The topological polar surface area (TPSA) is 83.9 Å². The molecule has 1 N–H and O–H groups in total. The molecule has 1 fully saturated rings. The second-order valence-electron chi connectivity index (χ2n) is 7.62. The van der Waals surface area contributed by atoms with Crippen molar-refractivity contribution in [1.29, 1.82) is 0 Å². The molecule has 1 aliphatic rings. The minimum absolute atomic E-state index is 0.269. The number of anilines is 2. The third-order valence-electron chi connectivity index (χ3n) is 5.01. The van der Waals surface area contributed by atoms with Crippen LogP contribution in [0.4, 0.5) is 28.9 Å². The van der Waals surface area contributed by atoms with E-state index in [4.69, 9.17) is 11.6 Å². The lowest BCUT2D eigenvalue weighted by Crippen LogP contribution is -2.24. The molecule has 1 aliphatic heterocycles. The Bertz CT molecular complexity index is 1360. The van der Waals surface area contributed by atoms with E-state index in [2.05, 4.69) is 25.2 Å². The van der Waals surface area contributed by atoms with E-state index in [1.165, 1.54) is 42.5 Å². The number of ether oxygens (including phenoxy) is 1. The standard InChI is InChI=1S/C25H18ClF4N6OS/c26-20-2-1-3-21(27)22(20)36-12-13-38-24(36)35-34-14-16-4-6-17(7-5-16)23(31)33-15-32-18-8-10-19(11-9-18)37-25(28,29)30/h1-11,14-15H,12-13H2,(H-,31,32,33)/q-1/b34-14+,35-24-. The molecule has 38 heavy (non-hydrogen) atoms. The fraction of sp³-hybridized carbons (Fsp3) is 0.120. The number of rotatable bonds is 7. The van der Waals surface area contributed by atoms with Gasteiger partial charge >= 0.3 is 6.36 Å². The molecule has 0 aromatic heterocycles. The maximum absolute atomic E-state index is 14.3. The number of hydrogen-bond acceptors (Lipinski definition) is 4. The molecule has 7 nitrogen and oxygen atoms in total. The molecule has 0 radical (unpaired) electrons. The summed E-state index contributed by atoms with van der Waals surface area (Å²) < 4.78 is 54.8. The highest BCUT2D eigenvalue weighted by atomic mass is 35.5. The summed E-state index contributed by atoms with van der Waals surface area (Å²) in [5, 5.41) is 22.1. The highest BCUT2D eigenvalue weighted by molar-refractivity contribution is 8.14. The van der Waals surface area contributed by atoms with Gasteiger partial charge in [0, 0.05) is 18.0 Å². The van der Waals surface area contributed by atoms with Crippen LogP contribution in [0.25, 0.3) is 5.41 Å². The van der Waals surface area contributed by atoms with Crippen LogP contribution in [-0.2, 0) is 0 Å². The fourth-order valence-corrected chi connectivity index (χ4v) is 4.46. The first-order valence-electron chi connectivity index (χ1n) is 11.0. The maximum Gasteiger partial charge on any atom is 0.573 e. The first-order chi connectivity index (χ1) is 18.2. The smallest absolute Gasteiger partial charge is 0.464 e. The molecule has 4 rings (SSSR count). The molecule has 0 saturated carbocycles. The average Bonchev–Trinajstić information content (AvgIpc) is 3.32. The summed E-state index contributed by atoms with van der Waals surface area (Å²) in [6.07, 6.45) is -2.04. The number of halogens is 5. The van der Waals surface area contributed by atoms with Gasteiger partial charge in [-0.05, 0) is 53.9 Å². The van der Waals surface area contributed by atoms with E-state index in [1.54, 1.807) is 41.3 Å². The third kappa shape index (κ3) is 7.33. The molecule has 1 saturated heterocycles. The number of alkyl halides is 3. The van der Waals surface area contributed by atoms with Crippen molar-refractivity contribution in [3.63, 3.8) is 0 Å². The Balaban J connectivity index is 1.33. The lowest BCUT2D eigenvalue weighted by atomic mass is 10.1. The van der Waals surface area contributed by atoms with Crippen LogP contribution in [0.1, 0.15) is 11.1 Å². The molecule has 0 spiro atoms. The molecule has 3 aromatic rings. The van der Waals surface area contributed by atoms with Crippen molar-refractivity contribution in [2.75, 3.05) is 22.5 Å². The normalized spacial score (nSPS) is 15.1. The number of nitrogens with one attached hydrogen (secondary N) is 1. The third-order valence-corrected chi connectivity index (χ3v) is 6.26. The number of benzene rings is 3. The molecule has 0 amide bonds. The van der Waals surface area contributed by atoms with Crippen LogP contribution in [0.5, 0.6) is 5.75 Å². The van der Waals surface area contributed by atoms with E-state index in [0.717, 1.165) is 17.9 Å². The van der Waals surface area contributed by atoms with Crippen molar-refractivity contribution < 1.29 is 22.3 Å². The maximum atomic E-state index is 14.3. The minimum Gasteiger partial charge on any atom is -0.464 e. The number of nitrogens with zero attached hydrogens (tertiary/aromatic N) is 5. The van der Waals surface area contributed by atoms with Gasteiger partial charge in [0.25, 0.3) is 0 Å². The van der Waals surface area contributed by atoms with Crippen molar-refractivity contribution in [3.8, 4) is 5.75 Å². The molecule has 0 atom stereocenters. The van der Waals surface area contributed by atoms with Crippen LogP contribution >= 0.6 is 23.4 Å². The van der Waals surface area contributed by atoms with Crippen LogP contribution in [0.2, 0.25) is 5.02 Å². The number of amidine groups is 2. The van der Waals surface area contributed by atoms with Crippen molar-refractivity contribution in [2.24, 2.45) is 15.2 Å². The zero-order valence-corrected chi connectivity index (χ0v) is 20.9. The SMILES string of the molecule is [N-]=C(N=CNc1ccc(OC(F)(F)F)cc1)c1ccc(/C=N/N=C2\SCCN2c2c(F)cccc2Cl)cc1. The summed E-state index contributed by atoms with van der Waals surface area (Å²) >= 11 is 7.61. The van der Waals surface area contributed by atoms with Gasteiger partial charge in [-0.15, -0.1) is 18.3 Å². The lowest BCUT2D eigenvalue weighted by Gasteiger charge is -2.19. The predicted octanol–water partition coefficient (Wildman–Crippen LogP) is 6.78. The van der Waals surface area contributed by atoms with E-state index in [9.17, 15) is 23.0 Å². The van der Waals surface area contributed by atoms with Crippen LogP contribution in [0.3, 0.4) is 0 Å². The van der Waals surface area contributed by atoms with Gasteiger partial charge in [0.05, 0.1) is 16.9 Å². The first-order valence-corrected chi connectivity index (χ1v) is 12.3. The highest BCUT2D eigenvalue weighted by Gasteiger charge is 2.31. The van der Waals surface area contributed by atoms with Gasteiger partial charge in [-0.1, -0.05) is 59.5 Å². The molecule has 3 aromatic carbocycles. The summed E-state index contributed by atoms with van der Waals surface area (Å²) in [4.78, 5) is 5.57. The summed E-state index contributed by atoms with van der Waals surface area (Å²) in [7, 11) is 0. The molecular weight excluding hydrogens is 544 g/mol. The second-order valence-corrected chi connectivity index (χ2v) is 9.09. The lowest BCUT2D eigenvalue weighted by molar-refractivity contribution is -0.274. The van der Waals surface area contributed by atoms with Gasteiger partial charge in [0.1, 0.15) is 11.6 Å². The highest BCUT2D eigenvalue weighted by Crippen LogP contribution is 2.34. The van der Waals surface area contributed by atoms with Crippen LogP contribution < -0.4 is 15.0 Å². The van der Waals surface area contributed by atoms with Crippen LogP contribution in [0.15, 0.2) is 81.9 Å². The molecule has 196 valence electrons. The van der Waals surface area contributed by atoms with Crippen molar-refractivity contribution in [3.05, 3.63) is 94.1 Å². The van der Waals surface area contributed by atoms with Gasteiger partial charge < -0.3 is 25.4 Å². The number of para-hydroxylation sites is 1. The zero-order valence-electron chi connectivity index (χ0n) is 19.4. The van der Waals surface area contributed by atoms with E-state index in [-0.39, 0.29) is 17.3 Å². The zero-order chi connectivity index (χ0) is 27.1. The monoisotopic (exact) mass is 561 g/mol. The Morgan fingerprint density at radius 1 is 1.08 bits per heavy atom. The Kier molecular flexibility index (Phi) is 8.64. The van der Waals surface area contributed by atoms with Gasteiger partial charge in [-0.3, -0.25) is 0 Å². The number of aliphatic imine (C=N–C) groups is 1. The molecule has 0 unspecified atom stereocenters. The van der Waals surface area contributed by atoms with E-state index < -0.39 is 12.2 Å². The van der Waals surface area contributed by atoms with Gasteiger partial charge in [-0.2, -0.15) is 5.10 Å². The molecular formula is C25H18ClF4N6OS-. The van der Waals surface area contributed by atoms with E-state index in [0.29, 0.717) is 33.5 Å². The summed E-state index contributed by atoms with van der Waals surface area (Å²) in [6, 6.07) is 16.2. The predicted molar refractivity (Wildman–Crippen MR) is 145 cm³/mol. The van der Waals surface area contributed by atoms with Crippen molar-refractivity contribution in [1.82, 2.24) is 0 Å². The first kappa shape index (κ1) is 27.1. The van der Waals surface area contributed by atoms with Crippen LogP contribution in [-0.4, -0.2) is 42.2 Å². The molecule has 0 aliphatic carbocycles. The summed E-state index contributed by atoms with van der Waals surface area (Å²) in [5.74, 6) is -0.346. The minimum atomic E-state index is -4.76. The van der Waals surface area contributed by atoms with E-state index in [1.807, 2.05) is 0 Å². The van der Waals surface area contributed by atoms with Crippen molar-refractivity contribution >= 4 is 58.3 Å². The quantitative estimate of drug-likeness (QED) is 0.149. The van der Waals surface area contributed by atoms with Gasteiger partial charge in [0.15, 0.2) is 5.17 Å².